The zero-order valence-corrected chi connectivity index (χ0v) is 59.5. The molecule has 14 bridgehead atoms. The van der Waals surface area contributed by atoms with Gasteiger partial charge in [-0.05, 0) is 0 Å². The summed E-state index contributed by atoms with van der Waals surface area (Å²) in [7, 11) is 29.8. The maximum absolute atomic E-state index is 12.6. The molecule has 568 valence electrons. The van der Waals surface area contributed by atoms with Gasteiger partial charge in [0.15, 0.2) is 44.0 Å². The molecule has 0 radical (unpaired) electrons. The second-order valence-corrected chi connectivity index (χ2v) is 24.3. The van der Waals surface area contributed by atoms with Gasteiger partial charge in [0.25, 0.3) is 0 Å². The molecule has 21 aliphatic rings. The molecule has 35 atom stereocenters. The van der Waals surface area contributed by atoms with E-state index in [1.165, 1.54) is 142 Å². The van der Waals surface area contributed by atoms with E-state index in [1.54, 1.807) is 0 Å². The Bertz CT molecular complexity index is 2170. The van der Waals surface area contributed by atoms with Crippen LogP contribution in [0.2, 0.25) is 0 Å². The van der Waals surface area contributed by atoms with Crippen LogP contribution in [-0.2, 0) is 161 Å². The molecule has 0 aliphatic carbocycles. The van der Waals surface area contributed by atoms with E-state index in [0.29, 0.717) is 0 Å². The molecule has 0 aromatic heterocycles. The molecule has 35 nitrogen and oxygen atoms in total. The molecule has 0 saturated carbocycles. The number of aliphatic hydroxyl groups is 1. The molecule has 0 aromatic rings. The highest BCUT2D eigenvalue weighted by atomic mass is 16.8. The molecule has 21 rings (SSSR count). The lowest BCUT2D eigenvalue weighted by Gasteiger charge is -2.52. The van der Waals surface area contributed by atoms with Crippen molar-refractivity contribution < 1.29 is 166 Å². The summed E-state index contributed by atoms with van der Waals surface area (Å²) in [6.45, 7) is -0.456. The molecule has 21 heterocycles. The highest BCUT2D eigenvalue weighted by molar-refractivity contribution is 5.04. The Labute approximate surface area is 568 Å². The first kappa shape index (κ1) is 81.3. The van der Waals surface area contributed by atoms with E-state index in [1.807, 2.05) is 0 Å². The summed E-state index contributed by atoms with van der Waals surface area (Å²) in [6.07, 6.45) is -37.8. The number of aliphatic hydroxyl groups excluding tert-OH is 1. The van der Waals surface area contributed by atoms with E-state index in [9.17, 15) is 5.11 Å². The number of methoxy groups -OCH3 is 20. The lowest BCUT2D eigenvalue weighted by Crippen LogP contribution is -2.69. The van der Waals surface area contributed by atoms with Gasteiger partial charge in [-0.3, -0.25) is 0 Å². The summed E-state index contributed by atoms with van der Waals surface area (Å²) in [6, 6.07) is 0. The smallest absolute Gasteiger partial charge is 0.187 e. The van der Waals surface area contributed by atoms with Crippen LogP contribution in [0.5, 0.6) is 0 Å². The molecule has 1 N–H and O–H groups in total. The van der Waals surface area contributed by atoms with E-state index in [2.05, 4.69) is 0 Å². The van der Waals surface area contributed by atoms with Crippen LogP contribution in [0.3, 0.4) is 0 Å². The van der Waals surface area contributed by atoms with Crippen molar-refractivity contribution in [3.63, 3.8) is 0 Å². The molecule has 21 aliphatic heterocycles. The van der Waals surface area contributed by atoms with Gasteiger partial charge in [-0.25, -0.2) is 0 Å². The highest BCUT2D eigenvalue weighted by Gasteiger charge is 2.62. The average Bonchev–Trinajstić information content (AvgIpc) is 0.810. The third kappa shape index (κ3) is 17.8. The largest absolute Gasteiger partial charge is 0.387 e. The minimum atomic E-state index is -1.50. The van der Waals surface area contributed by atoms with Crippen LogP contribution in [0, 0.1) is 0 Å². The van der Waals surface area contributed by atoms with Crippen LogP contribution in [0.25, 0.3) is 0 Å². The first-order valence-electron chi connectivity index (χ1n) is 32.3. The van der Waals surface area contributed by atoms with E-state index < -0.39 is 215 Å². The van der Waals surface area contributed by atoms with E-state index in [4.69, 9.17) is 161 Å². The predicted molar refractivity (Wildman–Crippen MR) is 324 cm³/mol. The minimum absolute atomic E-state index is 0.0444. The van der Waals surface area contributed by atoms with E-state index in [0.717, 1.165) is 0 Å². The normalized spacial score (nSPS) is 46.4. The summed E-state index contributed by atoms with van der Waals surface area (Å²) in [5.74, 6) is 0. The monoisotopic (exact) mass is 1410 g/mol. The van der Waals surface area contributed by atoms with Gasteiger partial charge in [-0.15, -0.1) is 0 Å². The lowest BCUT2D eigenvalue weighted by atomic mass is 9.94. The quantitative estimate of drug-likeness (QED) is 0.0916. The summed E-state index contributed by atoms with van der Waals surface area (Å²) >= 11 is 0. The fourth-order valence-electron chi connectivity index (χ4n) is 14.6. The standard InChI is InChI=1S/C62H110O35/c1-64-21-28-36-35(63)43(71-8)56(84-28)92-37-29(22-65-2)86-58(51(79-16)44(37)72-9)94-39-31(24-67-4)88-60(53(81-18)46(39)74-11)96-41-33(26-69-6)90-62(55(83-20)48(41)76-13)97-42-34(27-70-7)89-61(54(82-19)49(42)77-14)95-40-32(25-68-5)87-59(52(80-17)47(40)75-12)93-38-30(23-66-3)85-57(91-36)50(78-15)45(38)73-10/h28-63H,21-27H2,1-20H3/t28-,29-,30-,31-,32-,33-,34-,35+,36-,37-,38-,39-,40-,41-,42-,43-,44+,45+,46+,47+,48+,49+,50-,51-,52-,53-,54-,55-,56-,57-,58-,59-,60-,61-,62-/m1/s1. The average molecular weight is 1420 g/mol. The SMILES string of the molecule is COC[C@H]1O[C@@H]2O[C@H]3[C@H](OC)[C@@H](OC)[C@@H](O[C@H]4[C@H](OC)[C@@H](OC)[C@@H](O[C@H]5[C@H](OC)[C@@H](OC)[C@@H](O[C@H]6[C@H](OC)[C@@H](OC)[C@@H](O[C@H]7[C@H](OC)[C@@H](OC)[C@@H](O[C@H]8[C@H](OC)[C@@H](OC)[C@@H](O[C@H]1[C@H](O)[C@H]2OC)O[C@@H]8COC)O[C@@H]7COC)O[C@@H]6COC)O[C@@H]5COC)O[C@@H]4COC)O[C@@H]3COC. The third-order valence-corrected chi connectivity index (χ3v) is 19.1. The van der Waals surface area contributed by atoms with Crippen molar-refractivity contribution in [2.75, 3.05) is 188 Å². The van der Waals surface area contributed by atoms with Crippen LogP contribution in [0.4, 0.5) is 0 Å². The number of hydrogen-bond acceptors (Lipinski definition) is 35. The topological polar surface area (TPSA) is 334 Å². The number of rotatable bonds is 27. The van der Waals surface area contributed by atoms with Gasteiger partial charge >= 0.3 is 0 Å². The van der Waals surface area contributed by atoms with Crippen molar-refractivity contribution in [3.05, 3.63) is 0 Å². The van der Waals surface area contributed by atoms with Gasteiger partial charge in [0.1, 0.15) is 171 Å². The minimum Gasteiger partial charge on any atom is -0.387 e. The zero-order valence-electron chi connectivity index (χ0n) is 59.5. The Kier molecular flexibility index (Phi) is 33.2. The van der Waals surface area contributed by atoms with Gasteiger partial charge in [0.05, 0.1) is 46.2 Å². The first-order chi connectivity index (χ1) is 47.1. The van der Waals surface area contributed by atoms with Crippen LogP contribution in [-0.4, -0.2) is 408 Å². The maximum atomic E-state index is 12.6. The zero-order chi connectivity index (χ0) is 70.2. The number of ether oxygens (including phenoxy) is 34. The molecular formula is C62H110O35. The van der Waals surface area contributed by atoms with Crippen molar-refractivity contribution in [2.24, 2.45) is 0 Å². The second-order valence-electron chi connectivity index (χ2n) is 24.3. The van der Waals surface area contributed by atoms with Crippen molar-refractivity contribution in [1.82, 2.24) is 0 Å². The van der Waals surface area contributed by atoms with Gasteiger partial charge in [-0.1, -0.05) is 0 Å². The Morgan fingerprint density at radius 3 is 0.454 bits per heavy atom. The summed E-state index contributed by atoms with van der Waals surface area (Å²) in [4.78, 5) is 0. The molecule has 21 fully saturated rings. The van der Waals surface area contributed by atoms with Crippen molar-refractivity contribution in [1.29, 1.82) is 0 Å². The molecule has 0 aromatic carbocycles. The molecule has 21 saturated heterocycles. The Morgan fingerprint density at radius 1 is 0.175 bits per heavy atom. The second kappa shape index (κ2) is 39.6. The summed E-state index contributed by atoms with van der Waals surface area (Å²) in [5, 5.41) is 12.6. The highest BCUT2D eigenvalue weighted by Crippen LogP contribution is 2.43. The molecule has 0 unspecified atom stereocenters. The fraction of sp³-hybridized carbons (Fsp3) is 1.00. The van der Waals surface area contributed by atoms with E-state index >= 15 is 0 Å². The van der Waals surface area contributed by atoms with Gasteiger partial charge in [-0.2, -0.15) is 0 Å². The Hall–Kier alpha value is -1.40. The van der Waals surface area contributed by atoms with E-state index in [-0.39, 0.29) is 46.2 Å². The van der Waals surface area contributed by atoms with Crippen LogP contribution in [0.15, 0.2) is 0 Å². The van der Waals surface area contributed by atoms with Crippen molar-refractivity contribution >= 4 is 0 Å². The van der Waals surface area contributed by atoms with Crippen molar-refractivity contribution in [3.8, 4) is 0 Å². The van der Waals surface area contributed by atoms with Crippen LogP contribution < -0.4 is 0 Å². The van der Waals surface area contributed by atoms with Gasteiger partial charge < -0.3 is 166 Å². The lowest BCUT2D eigenvalue weighted by molar-refractivity contribution is -0.402. The molecular weight excluding hydrogens is 1300 g/mol. The van der Waals surface area contributed by atoms with Gasteiger partial charge in [0.2, 0.25) is 0 Å². The molecule has 97 heavy (non-hydrogen) atoms. The molecule has 0 spiro atoms. The summed E-state index contributed by atoms with van der Waals surface area (Å²) < 4.78 is 218. The predicted octanol–water partition coefficient (Wildman–Crippen LogP) is -2.15. The molecule has 35 heteroatoms. The van der Waals surface area contributed by atoms with Crippen molar-refractivity contribution in [2.45, 2.75) is 215 Å². The third-order valence-electron chi connectivity index (χ3n) is 19.1. The number of hydrogen-bond donors (Lipinski definition) is 1. The fourth-order valence-corrected chi connectivity index (χ4v) is 14.6. The Balaban J connectivity index is 1.23. The first-order valence-corrected chi connectivity index (χ1v) is 32.3. The Morgan fingerprint density at radius 2 is 0.309 bits per heavy atom. The maximum Gasteiger partial charge on any atom is 0.187 e. The molecule has 0 amide bonds. The van der Waals surface area contributed by atoms with Crippen LogP contribution in [0.1, 0.15) is 0 Å². The van der Waals surface area contributed by atoms with Gasteiger partial charge in [0, 0.05) is 142 Å². The summed E-state index contributed by atoms with van der Waals surface area (Å²) in [5.41, 5.74) is 0. The van der Waals surface area contributed by atoms with Crippen LogP contribution >= 0.6 is 0 Å².